The standard InChI is InChI=1S/C19H22O4/c1-4-5-6-8-13-9-7-10-14-15(12(2)19(21)22)11-16(23-3)18(20)17(13)14/h7,9-11,20H,2,4-6,8H2,1,3H3,(H,21,22). The molecule has 0 spiro atoms. The fourth-order valence-electron chi connectivity index (χ4n) is 2.80. The Morgan fingerprint density at radius 2 is 2.04 bits per heavy atom. The molecule has 2 aromatic carbocycles. The summed E-state index contributed by atoms with van der Waals surface area (Å²) in [5.74, 6) is -0.773. The number of methoxy groups -OCH3 is 1. The van der Waals surface area contributed by atoms with Crippen molar-refractivity contribution in [1.82, 2.24) is 0 Å². The van der Waals surface area contributed by atoms with Crippen molar-refractivity contribution in [1.29, 1.82) is 0 Å². The molecule has 2 N–H and O–H groups in total. The van der Waals surface area contributed by atoms with Crippen molar-refractivity contribution in [3.8, 4) is 11.5 Å². The van der Waals surface area contributed by atoms with Gasteiger partial charge in [0.15, 0.2) is 11.5 Å². The van der Waals surface area contributed by atoms with E-state index in [1.54, 1.807) is 6.07 Å². The molecule has 0 fully saturated rings. The second kappa shape index (κ2) is 7.18. The van der Waals surface area contributed by atoms with Gasteiger partial charge in [0.05, 0.1) is 12.7 Å². The Kier molecular flexibility index (Phi) is 5.27. The molecule has 0 aliphatic carbocycles. The first-order valence-electron chi connectivity index (χ1n) is 7.75. The van der Waals surface area contributed by atoms with Gasteiger partial charge in [0.2, 0.25) is 0 Å². The Bertz CT molecular complexity index is 747. The number of rotatable bonds is 7. The number of carbonyl (C=O) groups is 1. The van der Waals surface area contributed by atoms with E-state index in [4.69, 9.17) is 4.74 Å². The molecular formula is C19H22O4. The molecule has 0 saturated carbocycles. The van der Waals surface area contributed by atoms with E-state index < -0.39 is 5.97 Å². The smallest absolute Gasteiger partial charge is 0.335 e. The predicted octanol–water partition coefficient (Wildman–Crippen LogP) is 4.38. The van der Waals surface area contributed by atoms with Crippen molar-refractivity contribution in [2.45, 2.75) is 32.6 Å². The average molecular weight is 314 g/mol. The second-order valence-electron chi connectivity index (χ2n) is 5.56. The Morgan fingerprint density at radius 3 is 2.65 bits per heavy atom. The van der Waals surface area contributed by atoms with Crippen molar-refractivity contribution < 1.29 is 19.7 Å². The lowest BCUT2D eigenvalue weighted by Crippen LogP contribution is -2.01. The van der Waals surface area contributed by atoms with Gasteiger partial charge in [-0.1, -0.05) is 44.5 Å². The number of hydrogen-bond donors (Lipinski definition) is 2. The lowest BCUT2D eigenvalue weighted by atomic mass is 9.93. The van der Waals surface area contributed by atoms with Crippen LogP contribution in [0.15, 0.2) is 30.8 Å². The SMILES string of the molecule is C=C(C(=O)O)c1cc(OC)c(O)c2c(CCCCC)cccc12. The van der Waals surface area contributed by atoms with Crippen LogP contribution in [0.2, 0.25) is 0 Å². The highest BCUT2D eigenvalue weighted by Gasteiger charge is 2.19. The summed E-state index contributed by atoms with van der Waals surface area (Å²) in [4.78, 5) is 11.3. The molecule has 0 aliphatic rings. The van der Waals surface area contributed by atoms with Crippen molar-refractivity contribution in [3.05, 3.63) is 42.0 Å². The summed E-state index contributed by atoms with van der Waals surface area (Å²) in [6, 6.07) is 7.18. The quantitative estimate of drug-likeness (QED) is 0.588. The molecule has 0 saturated heterocycles. The fourth-order valence-corrected chi connectivity index (χ4v) is 2.80. The molecule has 23 heavy (non-hydrogen) atoms. The number of carboxylic acids is 1. The number of aryl methyl sites for hydroxylation is 1. The molecule has 0 aliphatic heterocycles. The zero-order valence-electron chi connectivity index (χ0n) is 13.6. The summed E-state index contributed by atoms with van der Waals surface area (Å²) < 4.78 is 5.22. The molecule has 2 rings (SSSR count). The molecule has 0 heterocycles. The van der Waals surface area contributed by atoms with E-state index in [-0.39, 0.29) is 17.1 Å². The summed E-state index contributed by atoms with van der Waals surface area (Å²) >= 11 is 0. The van der Waals surface area contributed by atoms with Crippen molar-refractivity contribution in [2.24, 2.45) is 0 Å². The molecule has 0 unspecified atom stereocenters. The number of phenols is 1. The molecule has 4 nitrogen and oxygen atoms in total. The highest BCUT2D eigenvalue weighted by molar-refractivity contribution is 6.19. The van der Waals surface area contributed by atoms with E-state index in [9.17, 15) is 15.0 Å². The first kappa shape index (κ1) is 16.9. The van der Waals surface area contributed by atoms with Crippen LogP contribution >= 0.6 is 0 Å². The predicted molar refractivity (Wildman–Crippen MR) is 92.1 cm³/mol. The van der Waals surface area contributed by atoms with E-state index in [0.717, 1.165) is 31.2 Å². The minimum absolute atomic E-state index is 0.0148. The zero-order valence-corrected chi connectivity index (χ0v) is 13.6. The van der Waals surface area contributed by atoms with Crippen LogP contribution < -0.4 is 4.74 Å². The highest BCUT2D eigenvalue weighted by Crippen LogP contribution is 2.41. The summed E-state index contributed by atoms with van der Waals surface area (Å²) in [5.41, 5.74) is 1.45. The number of hydrogen-bond acceptors (Lipinski definition) is 3. The number of benzene rings is 2. The maximum absolute atomic E-state index is 11.3. The summed E-state index contributed by atoms with van der Waals surface area (Å²) in [5, 5.41) is 21.1. The van der Waals surface area contributed by atoms with Gasteiger partial charge in [0.1, 0.15) is 0 Å². The zero-order chi connectivity index (χ0) is 17.0. The molecule has 0 radical (unpaired) electrons. The van der Waals surface area contributed by atoms with Gasteiger partial charge in [0.25, 0.3) is 0 Å². The van der Waals surface area contributed by atoms with Crippen LogP contribution in [0.3, 0.4) is 0 Å². The minimum Gasteiger partial charge on any atom is -0.504 e. The minimum atomic E-state index is -1.09. The van der Waals surface area contributed by atoms with Gasteiger partial charge in [-0.3, -0.25) is 0 Å². The van der Waals surface area contributed by atoms with Crippen LogP contribution in [0, 0.1) is 0 Å². The first-order valence-corrected chi connectivity index (χ1v) is 7.75. The Labute approximate surface area is 136 Å². The van der Waals surface area contributed by atoms with Crippen LogP contribution in [-0.2, 0) is 11.2 Å². The molecule has 0 amide bonds. The molecule has 0 atom stereocenters. The van der Waals surface area contributed by atoms with Crippen molar-refractivity contribution in [3.63, 3.8) is 0 Å². The third-order valence-corrected chi connectivity index (χ3v) is 4.04. The Hall–Kier alpha value is -2.49. The second-order valence-corrected chi connectivity index (χ2v) is 5.56. The lowest BCUT2D eigenvalue weighted by molar-refractivity contribution is -0.130. The normalized spacial score (nSPS) is 10.7. The molecular weight excluding hydrogens is 292 g/mol. The third kappa shape index (κ3) is 3.31. The van der Waals surface area contributed by atoms with Crippen LogP contribution in [-0.4, -0.2) is 23.3 Å². The van der Waals surface area contributed by atoms with E-state index >= 15 is 0 Å². The van der Waals surface area contributed by atoms with Gasteiger partial charge in [-0.05, 0) is 29.9 Å². The maximum Gasteiger partial charge on any atom is 0.335 e. The van der Waals surface area contributed by atoms with Crippen LogP contribution in [0.25, 0.3) is 16.3 Å². The van der Waals surface area contributed by atoms with E-state index in [2.05, 4.69) is 13.5 Å². The Morgan fingerprint density at radius 1 is 1.30 bits per heavy atom. The number of aromatic hydroxyl groups is 1. The average Bonchev–Trinajstić information content (AvgIpc) is 2.55. The molecule has 4 heteroatoms. The van der Waals surface area contributed by atoms with Gasteiger partial charge in [0, 0.05) is 10.9 Å². The number of aliphatic carboxylic acids is 1. The van der Waals surface area contributed by atoms with Gasteiger partial charge in [-0.15, -0.1) is 0 Å². The summed E-state index contributed by atoms with van der Waals surface area (Å²) in [7, 11) is 1.45. The number of carboxylic acid groups (broad SMARTS) is 1. The topological polar surface area (TPSA) is 66.8 Å². The van der Waals surface area contributed by atoms with Gasteiger partial charge < -0.3 is 14.9 Å². The maximum atomic E-state index is 11.3. The van der Waals surface area contributed by atoms with Gasteiger partial charge in [-0.2, -0.15) is 0 Å². The molecule has 0 bridgehead atoms. The highest BCUT2D eigenvalue weighted by atomic mass is 16.5. The number of phenolic OH excluding ortho intramolecular Hbond substituents is 1. The molecule has 2 aromatic rings. The van der Waals surface area contributed by atoms with E-state index in [1.165, 1.54) is 13.2 Å². The first-order chi connectivity index (χ1) is 11.0. The number of fused-ring (bicyclic) bond motifs is 1. The summed E-state index contributed by atoms with van der Waals surface area (Å²) in [6.07, 6.45) is 4.06. The number of unbranched alkanes of at least 4 members (excludes halogenated alkanes) is 2. The monoisotopic (exact) mass is 314 g/mol. The van der Waals surface area contributed by atoms with Crippen molar-refractivity contribution >= 4 is 22.3 Å². The largest absolute Gasteiger partial charge is 0.504 e. The number of ether oxygens (including phenoxy) is 1. The molecule has 0 aromatic heterocycles. The van der Waals surface area contributed by atoms with Gasteiger partial charge >= 0.3 is 5.97 Å². The van der Waals surface area contributed by atoms with E-state index in [1.807, 2.05) is 12.1 Å². The third-order valence-electron chi connectivity index (χ3n) is 4.04. The van der Waals surface area contributed by atoms with E-state index in [0.29, 0.717) is 16.3 Å². The van der Waals surface area contributed by atoms with Crippen LogP contribution in [0.5, 0.6) is 11.5 Å². The van der Waals surface area contributed by atoms with Crippen molar-refractivity contribution in [2.75, 3.05) is 7.11 Å². The van der Waals surface area contributed by atoms with Gasteiger partial charge in [-0.25, -0.2) is 4.79 Å². The Balaban J connectivity index is 2.69. The summed E-state index contributed by atoms with van der Waals surface area (Å²) in [6.45, 7) is 5.79. The lowest BCUT2D eigenvalue weighted by Gasteiger charge is -2.15. The van der Waals surface area contributed by atoms with Crippen LogP contribution in [0.4, 0.5) is 0 Å². The fraction of sp³-hybridized carbons (Fsp3) is 0.316. The molecule has 122 valence electrons. The van der Waals surface area contributed by atoms with Crippen LogP contribution in [0.1, 0.15) is 37.3 Å².